The summed E-state index contributed by atoms with van der Waals surface area (Å²) in [6, 6.07) is 0.326. The Morgan fingerprint density at radius 3 is 2.65 bits per heavy atom. The normalized spacial score (nSPS) is 44.9. The summed E-state index contributed by atoms with van der Waals surface area (Å²) in [6.45, 7) is 3.80. The lowest BCUT2D eigenvalue weighted by Gasteiger charge is -2.67. The molecule has 2 aliphatic heterocycles. The van der Waals surface area contributed by atoms with Gasteiger partial charge in [0.05, 0.1) is 18.8 Å². The van der Waals surface area contributed by atoms with Gasteiger partial charge in [0, 0.05) is 30.8 Å². The molecule has 2 saturated heterocycles. The molecular weight excluding hydrogens is 326 g/mol. The molecular formula is C22H33NO3. The highest BCUT2D eigenvalue weighted by molar-refractivity contribution is 5.38. The first-order chi connectivity index (χ1) is 12.6. The number of hydrogen-bond acceptors (Lipinski definition) is 4. The third-order valence-electron chi connectivity index (χ3n) is 8.71. The van der Waals surface area contributed by atoms with Crippen LogP contribution in [0.5, 0.6) is 0 Å². The van der Waals surface area contributed by atoms with Crippen molar-refractivity contribution in [2.24, 2.45) is 11.3 Å². The first kappa shape index (κ1) is 16.5. The third-order valence-corrected chi connectivity index (χ3v) is 8.71. The van der Waals surface area contributed by atoms with Gasteiger partial charge >= 0.3 is 0 Å². The Bertz CT molecular complexity index is 635. The summed E-state index contributed by atoms with van der Waals surface area (Å²) in [7, 11) is 0. The number of likely N-dealkylation sites (tertiary alicyclic amines) is 1. The van der Waals surface area contributed by atoms with E-state index in [1.54, 1.807) is 11.1 Å². The molecule has 0 radical (unpaired) electrons. The molecule has 0 aromatic carbocycles. The van der Waals surface area contributed by atoms with Gasteiger partial charge in [0.25, 0.3) is 0 Å². The van der Waals surface area contributed by atoms with Crippen LogP contribution in [0.1, 0.15) is 70.6 Å². The average molecular weight is 360 g/mol. The second-order valence-electron chi connectivity index (χ2n) is 9.99. The van der Waals surface area contributed by atoms with E-state index in [1.807, 2.05) is 0 Å². The van der Waals surface area contributed by atoms with E-state index in [4.69, 9.17) is 9.47 Å². The lowest BCUT2D eigenvalue weighted by molar-refractivity contribution is -0.273. The molecule has 2 heterocycles. The molecule has 4 aliphatic carbocycles. The van der Waals surface area contributed by atoms with Gasteiger partial charge in [0.1, 0.15) is 0 Å². The lowest BCUT2D eigenvalue weighted by Crippen LogP contribution is -2.73. The van der Waals surface area contributed by atoms with Gasteiger partial charge in [-0.3, -0.25) is 4.90 Å². The number of rotatable bonds is 2. The van der Waals surface area contributed by atoms with Crippen molar-refractivity contribution in [3.05, 3.63) is 11.1 Å². The van der Waals surface area contributed by atoms with E-state index in [2.05, 4.69) is 4.90 Å². The fourth-order valence-corrected chi connectivity index (χ4v) is 7.32. The molecule has 3 atom stereocenters. The van der Waals surface area contributed by atoms with Gasteiger partial charge < -0.3 is 14.6 Å². The van der Waals surface area contributed by atoms with Crippen LogP contribution < -0.4 is 0 Å². The topological polar surface area (TPSA) is 41.9 Å². The maximum Gasteiger partial charge on any atom is 0.169 e. The standard InChI is InChI=1S/C22H33NO3/c24-22-8-7-21(25-11-12-26-21)15-20(22)9-10-23(14-16-5-6-16)19(22)13-17-3-1-2-4-18(17)20/h16,19,24H,1-15H2/t19?,20-,22-/m1/s1. The number of piperidine rings is 1. The first-order valence-electron chi connectivity index (χ1n) is 11.1. The average Bonchev–Trinajstić information content (AvgIpc) is 3.36. The Morgan fingerprint density at radius 1 is 1.04 bits per heavy atom. The Balaban J connectivity index is 1.44. The van der Waals surface area contributed by atoms with E-state index in [-0.39, 0.29) is 5.41 Å². The largest absolute Gasteiger partial charge is 0.387 e. The number of hydrogen-bond donors (Lipinski definition) is 1. The third kappa shape index (κ3) is 2.16. The maximum absolute atomic E-state index is 12.3. The zero-order chi connectivity index (χ0) is 17.4. The molecule has 1 spiro atoms. The zero-order valence-corrected chi connectivity index (χ0v) is 16.0. The number of nitrogens with zero attached hydrogens (tertiary/aromatic N) is 1. The molecule has 4 nitrogen and oxygen atoms in total. The Labute approximate surface area is 156 Å². The SMILES string of the molecule is O[C@@]12CCC3(C[C@@]14CCN(CC1CC1)C2CC1=C4CCCC1)OCCO3. The van der Waals surface area contributed by atoms with Gasteiger partial charge in [-0.2, -0.15) is 0 Å². The van der Waals surface area contributed by atoms with Crippen molar-refractivity contribution in [1.82, 2.24) is 4.90 Å². The van der Waals surface area contributed by atoms with Crippen LogP contribution in [-0.4, -0.2) is 53.7 Å². The van der Waals surface area contributed by atoms with Crippen molar-refractivity contribution in [3.63, 3.8) is 0 Å². The zero-order valence-electron chi connectivity index (χ0n) is 16.0. The van der Waals surface area contributed by atoms with Crippen LogP contribution in [0.3, 0.4) is 0 Å². The quantitative estimate of drug-likeness (QED) is 0.768. The maximum atomic E-state index is 12.3. The highest BCUT2D eigenvalue weighted by Crippen LogP contribution is 2.65. The fourth-order valence-electron chi connectivity index (χ4n) is 7.32. The van der Waals surface area contributed by atoms with Gasteiger partial charge in [0.2, 0.25) is 0 Å². The molecule has 0 aromatic rings. The highest BCUT2D eigenvalue weighted by Gasteiger charge is 2.68. The molecule has 2 bridgehead atoms. The fraction of sp³-hybridized carbons (Fsp3) is 0.909. The first-order valence-corrected chi connectivity index (χ1v) is 11.1. The summed E-state index contributed by atoms with van der Waals surface area (Å²) in [6.07, 6.45) is 12.7. The Morgan fingerprint density at radius 2 is 1.85 bits per heavy atom. The molecule has 144 valence electrons. The molecule has 6 rings (SSSR count). The van der Waals surface area contributed by atoms with Crippen LogP contribution in [0, 0.1) is 11.3 Å². The lowest BCUT2D eigenvalue weighted by atomic mass is 9.47. The van der Waals surface area contributed by atoms with Crippen LogP contribution in [0.15, 0.2) is 11.1 Å². The van der Waals surface area contributed by atoms with E-state index in [0.717, 1.165) is 57.8 Å². The van der Waals surface area contributed by atoms with Gasteiger partial charge in [-0.15, -0.1) is 0 Å². The van der Waals surface area contributed by atoms with Crippen LogP contribution in [0.2, 0.25) is 0 Å². The monoisotopic (exact) mass is 359 g/mol. The Kier molecular flexibility index (Phi) is 3.53. The van der Waals surface area contributed by atoms with E-state index in [0.29, 0.717) is 6.04 Å². The van der Waals surface area contributed by atoms with Crippen molar-refractivity contribution in [2.75, 3.05) is 26.3 Å². The number of aliphatic hydroxyl groups is 1. The van der Waals surface area contributed by atoms with Crippen molar-refractivity contribution < 1.29 is 14.6 Å². The van der Waals surface area contributed by atoms with Crippen molar-refractivity contribution in [2.45, 2.75) is 88.1 Å². The summed E-state index contributed by atoms with van der Waals surface area (Å²) >= 11 is 0. The molecule has 0 amide bonds. The number of ether oxygens (including phenoxy) is 2. The predicted octanol–water partition coefficient (Wildman–Crippen LogP) is 3.39. The van der Waals surface area contributed by atoms with Crippen molar-refractivity contribution in [1.29, 1.82) is 0 Å². The molecule has 4 fully saturated rings. The molecule has 0 aromatic heterocycles. The van der Waals surface area contributed by atoms with Crippen molar-refractivity contribution >= 4 is 0 Å². The van der Waals surface area contributed by atoms with E-state index in [9.17, 15) is 5.11 Å². The minimum atomic E-state index is -0.573. The molecule has 1 N–H and O–H groups in total. The summed E-state index contributed by atoms with van der Waals surface area (Å²) in [4.78, 5) is 2.68. The predicted molar refractivity (Wildman–Crippen MR) is 98.7 cm³/mol. The summed E-state index contributed by atoms with van der Waals surface area (Å²) in [5.41, 5.74) is 2.67. The van der Waals surface area contributed by atoms with E-state index in [1.165, 1.54) is 45.1 Å². The van der Waals surface area contributed by atoms with Gasteiger partial charge in [0.15, 0.2) is 5.79 Å². The smallest absolute Gasteiger partial charge is 0.169 e. The van der Waals surface area contributed by atoms with Gasteiger partial charge in [-0.05, 0) is 70.3 Å². The molecule has 1 unspecified atom stereocenters. The highest BCUT2D eigenvalue weighted by atomic mass is 16.7. The van der Waals surface area contributed by atoms with Crippen LogP contribution in [-0.2, 0) is 9.47 Å². The minimum Gasteiger partial charge on any atom is -0.387 e. The summed E-state index contributed by atoms with van der Waals surface area (Å²) < 4.78 is 12.3. The van der Waals surface area contributed by atoms with Gasteiger partial charge in [-0.25, -0.2) is 0 Å². The molecule has 2 saturated carbocycles. The minimum absolute atomic E-state index is 0.0890. The van der Waals surface area contributed by atoms with Crippen LogP contribution >= 0.6 is 0 Å². The van der Waals surface area contributed by atoms with E-state index < -0.39 is 11.4 Å². The van der Waals surface area contributed by atoms with Gasteiger partial charge in [-0.1, -0.05) is 11.1 Å². The molecule has 26 heavy (non-hydrogen) atoms. The van der Waals surface area contributed by atoms with Crippen LogP contribution in [0.4, 0.5) is 0 Å². The summed E-state index contributed by atoms with van der Waals surface area (Å²) in [5.74, 6) is 0.478. The van der Waals surface area contributed by atoms with E-state index >= 15 is 0 Å². The van der Waals surface area contributed by atoms with Crippen LogP contribution in [0.25, 0.3) is 0 Å². The summed E-state index contributed by atoms with van der Waals surface area (Å²) in [5, 5.41) is 12.3. The van der Waals surface area contributed by atoms with Crippen molar-refractivity contribution in [3.8, 4) is 0 Å². The molecule has 4 heteroatoms. The second kappa shape index (κ2) is 5.56. The second-order valence-corrected chi connectivity index (χ2v) is 9.99. The Hall–Kier alpha value is -0.420. The molecule has 6 aliphatic rings.